The number of rotatable bonds is 4. The Morgan fingerprint density at radius 3 is 2.50 bits per heavy atom. The van der Waals surface area contributed by atoms with Crippen molar-refractivity contribution in [3.8, 4) is 0 Å². The normalized spacial score (nSPS) is 11.4. The maximum atomic E-state index is 11.6. The van der Waals surface area contributed by atoms with E-state index >= 15 is 0 Å². The molecular weight excluding hydrogens is 288 g/mol. The summed E-state index contributed by atoms with van der Waals surface area (Å²) >= 11 is 0. The van der Waals surface area contributed by atoms with Gasteiger partial charge in [0.15, 0.2) is 0 Å². The van der Waals surface area contributed by atoms with Gasteiger partial charge in [0.1, 0.15) is 5.69 Å². The molecular formula is C11H10N2O6S. The van der Waals surface area contributed by atoms with Gasteiger partial charge in [-0.05, 0) is 11.6 Å². The number of carboxylic acids is 1. The second-order valence-electron chi connectivity index (χ2n) is 3.98. The Kier molecular flexibility index (Phi) is 3.47. The lowest BCUT2D eigenvalue weighted by molar-refractivity contribution is 0.0689. The van der Waals surface area contributed by atoms with Crippen LogP contribution in [-0.2, 0) is 16.7 Å². The molecule has 106 valence electrons. The number of aromatic carboxylic acids is 1. The van der Waals surface area contributed by atoms with Crippen LogP contribution in [0.3, 0.4) is 0 Å². The minimum atomic E-state index is -4.42. The largest absolute Gasteiger partial charge is 0.477 e. The molecule has 0 radical (unpaired) electrons. The SMILES string of the molecule is O=C(O)c1cc(=O)n(Cc2ccccc2S(=O)(=O)O)[nH]1. The summed E-state index contributed by atoms with van der Waals surface area (Å²) in [5, 5.41) is 11.1. The number of aromatic nitrogens is 2. The van der Waals surface area contributed by atoms with Crippen LogP contribution in [0.2, 0.25) is 0 Å². The van der Waals surface area contributed by atoms with E-state index < -0.39 is 21.6 Å². The van der Waals surface area contributed by atoms with Crippen molar-refractivity contribution in [3.63, 3.8) is 0 Å². The zero-order chi connectivity index (χ0) is 14.9. The minimum Gasteiger partial charge on any atom is -0.477 e. The number of nitrogens with zero attached hydrogens (tertiary/aromatic N) is 1. The van der Waals surface area contributed by atoms with Crippen LogP contribution >= 0.6 is 0 Å². The van der Waals surface area contributed by atoms with Gasteiger partial charge < -0.3 is 5.11 Å². The fourth-order valence-corrected chi connectivity index (χ4v) is 2.43. The van der Waals surface area contributed by atoms with E-state index in [1.165, 1.54) is 24.3 Å². The third kappa shape index (κ3) is 2.78. The fraction of sp³-hybridized carbons (Fsp3) is 0.0909. The predicted octanol–water partition coefficient (Wildman–Crippen LogP) is 0.170. The maximum Gasteiger partial charge on any atom is 0.353 e. The number of hydrogen-bond acceptors (Lipinski definition) is 4. The van der Waals surface area contributed by atoms with Crippen molar-refractivity contribution in [3.05, 3.63) is 51.9 Å². The molecule has 1 aromatic heterocycles. The van der Waals surface area contributed by atoms with E-state index in [0.717, 1.165) is 10.7 Å². The van der Waals surface area contributed by atoms with E-state index in [1.807, 2.05) is 0 Å². The molecule has 0 aliphatic heterocycles. The van der Waals surface area contributed by atoms with Crippen LogP contribution in [0.5, 0.6) is 0 Å². The molecule has 20 heavy (non-hydrogen) atoms. The van der Waals surface area contributed by atoms with Crippen molar-refractivity contribution in [1.29, 1.82) is 0 Å². The standard InChI is InChI=1S/C11H10N2O6S/c14-10-5-8(11(15)16)12-13(10)6-7-3-1-2-4-9(7)20(17,18)19/h1-5,12H,6H2,(H,15,16)(H,17,18,19). The summed E-state index contributed by atoms with van der Waals surface area (Å²) in [6.07, 6.45) is 0. The summed E-state index contributed by atoms with van der Waals surface area (Å²) in [5.74, 6) is -1.30. The summed E-state index contributed by atoms with van der Waals surface area (Å²) in [5.41, 5.74) is -0.761. The lowest BCUT2D eigenvalue weighted by atomic mass is 10.2. The third-order valence-corrected chi connectivity index (χ3v) is 3.55. The van der Waals surface area contributed by atoms with E-state index in [2.05, 4.69) is 5.10 Å². The average Bonchev–Trinajstić information content (AvgIpc) is 2.71. The second-order valence-corrected chi connectivity index (χ2v) is 5.37. The molecule has 0 saturated carbocycles. The molecule has 1 aromatic carbocycles. The highest BCUT2D eigenvalue weighted by molar-refractivity contribution is 7.85. The van der Waals surface area contributed by atoms with Gasteiger partial charge >= 0.3 is 5.97 Å². The highest BCUT2D eigenvalue weighted by atomic mass is 32.2. The fourth-order valence-electron chi connectivity index (χ4n) is 1.72. The van der Waals surface area contributed by atoms with Crippen LogP contribution in [0.1, 0.15) is 16.1 Å². The van der Waals surface area contributed by atoms with Crippen LogP contribution in [0.15, 0.2) is 40.0 Å². The summed E-state index contributed by atoms with van der Waals surface area (Å²) in [6, 6.07) is 6.45. The first kappa shape index (κ1) is 14.0. The van der Waals surface area contributed by atoms with E-state index in [-0.39, 0.29) is 22.7 Å². The minimum absolute atomic E-state index is 0.163. The number of aromatic amines is 1. The number of carboxylic acid groups (broad SMARTS) is 1. The van der Waals surface area contributed by atoms with Crippen molar-refractivity contribution >= 4 is 16.1 Å². The molecule has 2 aromatic rings. The Hall–Kier alpha value is -2.39. The third-order valence-electron chi connectivity index (χ3n) is 2.60. The van der Waals surface area contributed by atoms with Crippen LogP contribution in [0.4, 0.5) is 0 Å². The van der Waals surface area contributed by atoms with Gasteiger partial charge in [0, 0.05) is 6.07 Å². The van der Waals surface area contributed by atoms with E-state index in [1.54, 1.807) is 0 Å². The van der Waals surface area contributed by atoms with Gasteiger partial charge in [0.2, 0.25) is 0 Å². The van der Waals surface area contributed by atoms with Crippen LogP contribution < -0.4 is 5.56 Å². The zero-order valence-electron chi connectivity index (χ0n) is 9.98. The van der Waals surface area contributed by atoms with Gasteiger partial charge in [-0.3, -0.25) is 14.4 Å². The number of hydrogen-bond donors (Lipinski definition) is 3. The Bertz CT molecular complexity index is 817. The second kappa shape index (κ2) is 4.94. The van der Waals surface area contributed by atoms with Gasteiger partial charge in [0.25, 0.3) is 15.7 Å². The number of nitrogens with one attached hydrogen (secondary N) is 1. The number of H-pyrrole nitrogens is 1. The van der Waals surface area contributed by atoms with Gasteiger partial charge in [-0.15, -0.1) is 0 Å². The molecule has 0 atom stereocenters. The zero-order valence-corrected chi connectivity index (χ0v) is 10.8. The molecule has 8 nitrogen and oxygen atoms in total. The molecule has 0 aliphatic rings. The summed E-state index contributed by atoms with van der Waals surface area (Å²) in [7, 11) is -4.42. The Balaban J connectivity index is 2.46. The molecule has 3 N–H and O–H groups in total. The average molecular weight is 298 g/mol. The maximum absolute atomic E-state index is 11.6. The monoisotopic (exact) mass is 298 g/mol. The number of benzene rings is 1. The molecule has 1 heterocycles. The molecule has 0 aliphatic carbocycles. The summed E-state index contributed by atoms with van der Waals surface area (Å²) in [4.78, 5) is 22.0. The van der Waals surface area contributed by atoms with Crippen molar-refractivity contribution < 1.29 is 22.9 Å². The van der Waals surface area contributed by atoms with Crippen LogP contribution in [0, 0.1) is 0 Å². The van der Waals surface area contributed by atoms with E-state index in [9.17, 15) is 18.0 Å². The Labute approximate surface area is 113 Å². The van der Waals surface area contributed by atoms with Crippen LogP contribution in [0.25, 0.3) is 0 Å². The van der Waals surface area contributed by atoms with Crippen molar-refractivity contribution in [2.24, 2.45) is 0 Å². The summed E-state index contributed by atoms with van der Waals surface area (Å²) in [6.45, 7) is -0.206. The van der Waals surface area contributed by atoms with E-state index in [0.29, 0.717) is 0 Å². The number of carbonyl (C=O) groups is 1. The van der Waals surface area contributed by atoms with Crippen LogP contribution in [-0.4, -0.2) is 33.8 Å². The first-order valence-corrected chi connectivity index (χ1v) is 6.81. The van der Waals surface area contributed by atoms with Crippen molar-refractivity contribution in [2.75, 3.05) is 0 Å². The first-order chi connectivity index (χ1) is 9.29. The van der Waals surface area contributed by atoms with E-state index in [4.69, 9.17) is 9.66 Å². The van der Waals surface area contributed by atoms with Crippen molar-refractivity contribution in [1.82, 2.24) is 9.78 Å². The van der Waals surface area contributed by atoms with Gasteiger partial charge in [0.05, 0.1) is 11.4 Å². The van der Waals surface area contributed by atoms with Gasteiger partial charge in [-0.2, -0.15) is 8.42 Å². The lowest BCUT2D eigenvalue weighted by Crippen LogP contribution is -2.18. The smallest absolute Gasteiger partial charge is 0.353 e. The van der Waals surface area contributed by atoms with Crippen molar-refractivity contribution in [2.45, 2.75) is 11.4 Å². The highest BCUT2D eigenvalue weighted by Gasteiger charge is 2.16. The van der Waals surface area contributed by atoms with Gasteiger partial charge in [-0.25, -0.2) is 9.48 Å². The highest BCUT2D eigenvalue weighted by Crippen LogP contribution is 2.15. The quantitative estimate of drug-likeness (QED) is 0.690. The van der Waals surface area contributed by atoms with Gasteiger partial charge in [-0.1, -0.05) is 18.2 Å². The lowest BCUT2D eigenvalue weighted by Gasteiger charge is -2.07. The molecule has 0 saturated heterocycles. The Morgan fingerprint density at radius 1 is 1.30 bits per heavy atom. The molecule has 9 heteroatoms. The Morgan fingerprint density at radius 2 is 1.95 bits per heavy atom. The summed E-state index contributed by atoms with van der Waals surface area (Å²) < 4.78 is 32.4. The molecule has 0 amide bonds. The molecule has 0 unspecified atom stereocenters. The molecule has 0 spiro atoms. The molecule has 2 rings (SSSR count). The molecule has 0 bridgehead atoms. The predicted molar refractivity (Wildman–Crippen MR) is 67.4 cm³/mol. The first-order valence-electron chi connectivity index (χ1n) is 5.37. The topological polar surface area (TPSA) is 129 Å². The molecule has 0 fully saturated rings.